The van der Waals surface area contributed by atoms with Gasteiger partial charge in [-0.05, 0) is 44.7 Å². The number of esters is 1. The number of nitrogens with one attached hydrogen (secondary N) is 1. The highest BCUT2D eigenvalue weighted by molar-refractivity contribution is 7.14. The number of carbonyl (C=O) groups is 4. The molecule has 24 heavy (non-hydrogen) atoms. The Bertz CT molecular complexity index is 724. The van der Waals surface area contributed by atoms with E-state index in [1.807, 2.05) is 13.0 Å². The Morgan fingerprint density at radius 2 is 2.08 bits per heavy atom. The lowest BCUT2D eigenvalue weighted by atomic mass is 9.96. The molecule has 1 aliphatic carbocycles. The predicted molar refractivity (Wildman–Crippen MR) is 85.7 cm³/mol. The molecule has 2 aliphatic rings. The summed E-state index contributed by atoms with van der Waals surface area (Å²) in [6.07, 6.45) is 1.77. The van der Waals surface area contributed by atoms with Gasteiger partial charge < -0.3 is 10.1 Å². The minimum absolute atomic E-state index is 0.124. The molecule has 8 heteroatoms. The van der Waals surface area contributed by atoms with Gasteiger partial charge in [-0.3, -0.25) is 19.3 Å². The fourth-order valence-electron chi connectivity index (χ4n) is 2.77. The molecule has 1 saturated carbocycles. The molecule has 0 aromatic carbocycles. The summed E-state index contributed by atoms with van der Waals surface area (Å²) in [7, 11) is 0. The maximum Gasteiger partial charge on any atom is 0.326 e. The molecule has 1 atom stereocenters. The monoisotopic (exact) mass is 350 g/mol. The van der Waals surface area contributed by atoms with Crippen LogP contribution in [0.4, 0.5) is 4.79 Å². The maximum absolute atomic E-state index is 12.4. The second-order valence-corrected chi connectivity index (χ2v) is 7.58. The van der Waals surface area contributed by atoms with Crippen molar-refractivity contribution >= 4 is 35.0 Å². The van der Waals surface area contributed by atoms with Gasteiger partial charge >= 0.3 is 12.0 Å². The predicted octanol–water partition coefficient (Wildman–Crippen LogP) is 1.50. The zero-order chi connectivity index (χ0) is 17.5. The molecule has 3 rings (SSSR count). The summed E-state index contributed by atoms with van der Waals surface area (Å²) in [5.41, 5.74) is -0.929. The van der Waals surface area contributed by atoms with Crippen molar-refractivity contribution in [3.8, 4) is 0 Å². The van der Waals surface area contributed by atoms with Crippen LogP contribution in [0, 0.1) is 12.8 Å². The van der Waals surface area contributed by atoms with Crippen LogP contribution in [0.2, 0.25) is 0 Å². The van der Waals surface area contributed by atoms with E-state index in [1.54, 1.807) is 13.0 Å². The maximum atomic E-state index is 12.4. The third kappa shape index (κ3) is 3.06. The molecule has 3 amide bonds. The molecule has 2 fully saturated rings. The number of nitrogens with zero attached hydrogens (tertiary/aromatic N) is 1. The molecular weight excluding hydrogens is 332 g/mol. The Kier molecular flexibility index (Phi) is 4.16. The van der Waals surface area contributed by atoms with E-state index < -0.39 is 36.6 Å². The number of hydrogen-bond acceptors (Lipinski definition) is 6. The normalized spacial score (nSPS) is 23.3. The average molecular weight is 350 g/mol. The van der Waals surface area contributed by atoms with Crippen LogP contribution in [0.5, 0.6) is 0 Å². The van der Waals surface area contributed by atoms with E-state index in [4.69, 9.17) is 4.74 Å². The SMILES string of the molecule is Cc1ccc(C(=O)COC(=O)CN2C(=O)N[C@@](C)(C3CC3)C2=O)s1. The average Bonchev–Trinajstić information content (AvgIpc) is 3.27. The second-order valence-electron chi connectivity index (χ2n) is 6.29. The standard InChI is InChI=1S/C16H18N2O5S/c1-9-3-6-12(24-9)11(19)8-23-13(20)7-18-14(21)16(2,10-4-5-10)17-15(18)22/h3,6,10H,4-5,7-8H2,1-2H3,(H,17,22)/t16-/m0/s1. The third-order valence-electron chi connectivity index (χ3n) is 4.36. The van der Waals surface area contributed by atoms with Crippen molar-refractivity contribution < 1.29 is 23.9 Å². The largest absolute Gasteiger partial charge is 0.456 e. The van der Waals surface area contributed by atoms with Crippen LogP contribution >= 0.6 is 11.3 Å². The number of carbonyl (C=O) groups excluding carboxylic acids is 4. The van der Waals surface area contributed by atoms with Gasteiger partial charge in [-0.1, -0.05) is 0 Å². The smallest absolute Gasteiger partial charge is 0.326 e. The molecule has 2 heterocycles. The van der Waals surface area contributed by atoms with Crippen LogP contribution in [0.25, 0.3) is 0 Å². The summed E-state index contributed by atoms with van der Waals surface area (Å²) in [6, 6.07) is 2.90. The van der Waals surface area contributed by atoms with Gasteiger partial charge in [-0.2, -0.15) is 0 Å². The minimum Gasteiger partial charge on any atom is -0.456 e. The van der Waals surface area contributed by atoms with Gasteiger partial charge in [-0.15, -0.1) is 11.3 Å². The number of ketones is 1. The van der Waals surface area contributed by atoms with Gasteiger partial charge in [0, 0.05) is 4.88 Å². The summed E-state index contributed by atoms with van der Waals surface area (Å²) < 4.78 is 4.91. The van der Waals surface area contributed by atoms with Gasteiger partial charge in [0.25, 0.3) is 5.91 Å². The lowest BCUT2D eigenvalue weighted by molar-refractivity contribution is -0.146. The first-order valence-electron chi connectivity index (χ1n) is 7.70. The number of imide groups is 1. The molecule has 1 N–H and O–H groups in total. The summed E-state index contributed by atoms with van der Waals surface area (Å²) in [4.78, 5) is 50.5. The fraction of sp³-hybridized carbons (Fsp3) is 0.500. The van der Waals surface area contributed by atoms with Crippen molar-refractivity contribution in [3.63, 3.8) is 0 Å². The summed E-state index contributed by atoms with van der Waals surface area (Å²) in [5.74, 6) is -1.37. The van der Waals surface area contributed by atoms with Crippen LogP contribution in [0.3, 0.4) is 0 Å². The Morgan fingerprint density at radius 1 is 1.38 bits per heavy atom. The molecular formula is C16H18N2O5S. The molecule has 0 radical (unpaired) electrons. The van der Waals surface area contributed by atoms with Crippen LogP contribution in [-0.4, -0.2) is 47.3 Å². The summed E-state index contributed by atoms with van der Waals surface area (Å²) in [5, 5.41) is 2.66. The Hall–Kier alpha value is -2.22. The molecule has 128 valence electrons. The molecule has 1 aromatic heterocycles. The number of amides is 3. The van der Waals surface area contributed by atoms with Gasteiger partial charge in [0.05, 0.1) is 4.88 Å². The number of Topliss-reactive ketones (excluding diaryl/α,β-unsaturated/α-hetero) is 1. The number of thiophene rings is 1. The van der Waals surface area contributed by atoms with Crippen molar-refractivity contribution in [2.24, 2.45) is 5.92 Å². The minimum atomic E-state index is -0.929. The van der Waals surface area contributed by atoms with Gasteiger partial charge in [0.2, 0.25) is 5.78 Å². The Balaban J connectivity index is 1.54. The number of urea groups is 1. The lowest BCUT2D eigenvalue weighted by Crippen LogP contribution is -2.46. The third-order valence-corrected chi connectivity index (χ3v) is 5.40. The quantitative estimate of drug-likeness (QED) is 0.477. The zero-order valence-corrected chi connectivity index (χ0v) is 14.3. The Labute approximate surface area is 143 Å². The van der Waals surface area contributed by atoms with Gasteiger partial charge in [0.1, 0.15) is 12.1 Å². The Morgan fingerprint density at radius 3 is 2.67 bits per heavy atom. The molecule has 0 bridgehead atoms. The highest BCUT2D eigenvalue weighted by atomic mass is 32.1. The molecule has 1 saturated heterocycles. The molecule has 1 aromatic rings. The van der Waals surface area contributed by atoms with Crippen molar-refractivity contribution in [2.45, 2.75) is 32.2 Å². The van der Waals surface area contributed by atoms with Gasteiger partial charge in [-0.25, -0.2) is 4.79 Å². The van der Waals surface area contributed by atoms with Crippen molar-refractivity contribution in [1.29, 1.82) is 0 Å². The van der Waals surface area contributed by atoms with E-state index in [-0.39, 0.29) is 11.7 Å². The highest BCUT2D eigenvalue weighted by Gasteiger charge is 2.56. The topological polar surface area (TPSA) is 92.8 Å². The van der Waals surface area contributed by atoms with E-state index in [0.717, 1.165) is 22.6 Å². The van der Waals surface area contributed by atoms with Crippen molar-refractivity contribution in [3.05, 3.63) is 21.9 Å². The lowest BCUT2D eigenvalue weighted by Gasteiger charge is -2.20. The molecule has 1 aliphatic heterocycles. The van der Waals surface area contributed by atoms with Crippen LogP contribution in [-0.2, 0) is 14.3 Å². The first-order chi connectivity index (χ1) is 11.3. The van der Waals surface area contributed by atoms with E-state index in [9.17, 15) is 19.2 Å². The van der Waals surface area contributed by atoms with E-state index >= 15 is 0 Å². The van der Waals surface area contributed by atoms with Crippen LogP contribution < -0.4 is 5.32 Å². The summed E-state index contributed by atoms with van der Waals surface area (Å²) >= 11 is 1.32. The number of aryl methyl sites for hydroxylation is 1. The highest BCUT2D eigenvalue weighted by Crippen LogP contribution is 2.42. The molecule has 0 unspecified atom stereocenters. The number of rotatable bonds is 6. The van der Waals surface area contributed by atoms with E-state index in [1.165, 1.54) is 11.3 Å². The van der Waals surface area contributed by atoms with Crippen LogP contribution in [0.1, 0.15) is 34.3 Å². The van der Waals surface area contributed by atoms with Gasteiger partial charge in [0.15, 0.2) is 6.61 Å². The fourth-order valence-corrected chi connectivity index (χ4v) is 3.56. The molecule has 0 spiro atoms. The van der Waals surface area contributed by atoms with E-state index in [2.05, 4.69) is 5.32 Å². The van der Waals surface area contributed by atoms with Crippen LogP contribution in [0.15, 0.2) is 12.1 Å². The van der Waals surface area contributed by atoms with E-state index in [0.29, 0.717) is 4.88 Å². The van der Waals surface area contributed by atoms with Crippen molar-refractivity contribution in [2.75, 3.05) is 13.2 Å². The molecule has 7 nitrogen and oxygen atoms in total. The second kappa shape index (κ2) is 6.01. The summed E-state index contributed by atoms with van der Waals surface area (Å²) in [6.45, 7) is 2.67. The first-order valence-corrected chi connectivity index (χ1v) is 8.52. The first kappa shape index (κ1) is 16.6. The number of hydrogen-bond donors (Lipinski definition) is 1. The zero-order valence-electron chi connectivity index (χ0n) is 13.5. The number of ether oxygens (including phenoxy) is 1. The van der Waals surface area contributed by atoms with Crippen molar-refractivity contribution in [1.82, 2.24) is 10.2 Å².